The van der Waals surface area contributed by atoms with Crippen LogP contribution in [0.15, 0.2) is 36.9 Å². The molecule has 1 atom stereocenters. The van der Waals surface area contributed by atoms with Crippen molar-refractivity contribution in [3.05, 3.63) is 59.7 Å². The van der Waals surface area contributed by atoms with Crippen molar-refractivity contribution in [3.8, 4) is 0 Å². The largest absolute Gasteiger partial charge is 0.306 e. The standard InChI is InChI=1S/C13H13F2N3/c1-2-18-13(9-5-10(14)7-17-6-9)11-3-4-16-8-12(11)15/h3-8,13,18H,2H2,1H3. The minimum atomic E-state index is -0.440. The number of pyridine rings is 2. The fourth-order valence-electron chi connectivity index (χ4n) is 1.82. The summed E-state index contributed by atoms with van der Waals surface area (Å²) < 4.78 is 26.9. The second-order valence-electron chi connectivity index (χ2n) is 3.82. The monoisotopic (exact) mass is 249 g/mol. The molecule has 2 heterocycles. The fourth-order valence-corrected chi connectivity index (χ4v) is 1.82. The lowest BCUT2D eigenvalue weighted by atomic mass is 10.0. The third kappa shape index (κ3) is 2.68. The molecule has 0 saturated heterocycles. The van der Waals surface area contributed by atoms with Gasteiger partial charge in [0.1, 0.15) is 11.6 Å². The zero-order valence-electron chi connectivity index (χ0n) is 9.90. The molecule has 0 aromatic carbocycles. The van der Waals surface area contributed by atoms with Gasteiger partial charge in [-0.1, -0.05) is 6.92 Å². The summed E-state index contributed by atoms with van der Waals surface area (Å²) in [6, 6.07) is 2.49. The molecule has 0 spiro atoms. The van der Waals surface area contributed by atoms with Crippen molar-refractivity contribution in [2.75, 3.05) is 6.54 Å². The van der Waals surface area contributed by atoms with E-state index in [1.165, 1.54) is 18.5 Å². The van der Waals surface area contributed by atoms with Gasteiger partial charge in [0.25, 0.3) is 0 Å². The normalized spacial score (nSPS) is 12.4. The van der Waals surface area contributed by atoms with E-state index in [4.69, 9.17) is 0 Å². The average molecular weight is 249 g/mol. The maximum Gasteiger partial charge on any atom is 0.146 e. The van der Waals surface area contributed by atoms with Gasteiger partial charge < -0.3 is 5.32 Å². The van der Waals surface area contributed by atoms with Crippen LogP contribution in [0.1, 0.15) is 24.1 Å². The number of rotatable bonds is 4. The highest BCUT2D eigenvalue weighted by molar-refractivity contribution is 5.29. The highest BCUT2D eigenvalue weighted by Gasteiger charge is 2.17. The summed E-state index contributed by atoms with van der Waals surface area (Å²) in [5, 5.41) is 3.11. The van der Waals surface area contributed by atoms with Crippen LogP contribution in [0.3, 0.4) is 0 Å². The molecule has 0 aliphatic carbocycles. The number of hydrogen-bond acceptors (Lipinski definition) is 3. The summed E-state index contributed by atoms with van der Waals surface area (Å²) >= 11 is 0. The van der Waals surface area contributed by atoms with E-state index in [9.17, 15) is 8.78 Å². The molecule has 0 bridgehead atoms. The van der Waals surface area contributed by atoms with Crippen LogP contribution in [0.4, 0.5) is 8.78 Å². The van der Waals surface area contributed by atoms with Crippen LogP contribution in [0.25, 0.3) is 0 Å². The van der Waals surface area contributed by atoms with Crippen LogP contribution in [0, 0.1) is 11.6 Å². The summed E-state index contributed by atoms with van der Waals surface area (Å²) in [6.07, 6.45) is 5.30. The van der Waals surface area contributed by atoms with Crippen molar-refractivity contribution in [3.63, 3.8) is 0 Å². The summed E-state index contributed by atoms with van der Waals surface area (Å²) in [7, 11) is 0. The highest BCUT2D eigenvalue weighted by atomic mass is 19.1. The van der Waals surface area contributed by atoms with Crippen molar-refractivity contribution >= 4 is 0 Å². The van der Waals surface area contributed by atoms with E-state index in [2.05, 4.69) is 15.3 Å². The lowest BCUT2D eigenvalue weighted by Crippen LogP contribution is -2.23. The fraction of sp³-hybridized carbons (Fsp3) is 0.231. The van der Waals surface area contributed by atoms with Crippen LogP contribution in [0.5, 0.6) is 0 Å². The van der Waals surface area contributed by atoms with E-state index in [1.807, 2.05) is 6.92 Å². The maximum atomic E-state index is 13.7. The third-order valence-electron chi connectivity index (χ3n) is 2.58. The molecule has 0 aliphatic heterocycles. The predicted octanol–water partition coefficient (Wildman–Crippen LogP) is 2.45. The van der Waals surface area contributed by atoms with E-state index < -0.39 is 17.7 Å². The summed E-state index contributed by atoms with van der Waals surface area (Å²) in [5.74, 6) is -0.863. The zero-order valence-corrected chi connectivity index (χ0v) is 9.90. The number of aromatic nitrogens is 2. The van der Waals surface area contributed by atoms with Gasteiger partial charge in [-0.15, -0.1) is 0 Å². The van der Waals surface area contributed by atoms with Crippen LogP contribution in [0.2, 0.25) is 0 Å². The Morgan fingerprint density at radius 3 is 2.72 bits per heavy atom. The third-order valence-corrected chi connectivity index (χ3v) is 2.58. The van der Waals surface area contributed by atoms with Crippen molar-refractivity contribution in [1.82, 2.24) is 15.3 Å². The summed E-state index contributed by atoms with van der Waals surface area (Å²) in [5.41, 5.74) is 1.02. The molecule has 0 aliphatic rings. The maximum absolute atomic E-state index is 13.7. The zero-order chi connectivity index (χ0) is 13.0. The Balaban J connectivity index is 2.43. The van der Waals surface area contributed by atoms with Gasteiger partial charge in [0.05, 0.1) is 18.4 Å². The molecule has 2 aromatic rings. The van der Waals surface area contributed by atoms with Gasteiger partial charge in [0, 0.05) is 18.0 Å². The molecule has 0 amide bonds. The molecule has 2 rings (SSSR count). The lowest BCUT2D eigenvalue weighted by molar-refractivity contribution is 0.548. The van der Waals surface area contributed by atoms with Gasteiger partial charge in [-0.3, -0.25) is 9.97 Å². The number of hydrogen-bond donors (Lipinski definition) is 1. The van der Waals surface area contributed by atoms with Crippen LogP contribution in [-0.2, 0) is 0 Å². The molecule has 0 fully saturated rings. The van der Waals surface area contributed by atoms with Gasteiger partial charge >= 0.3 is 0 Å². The Kier molecular flexibility index (Phi) is 3.94. The van der Waals surface area contributed by atoms with Crippen molar-refractivity contribution in [2.24, 2.45) is 0 Å². The minimum absolute atomic E-state index is 0.423. The predicted molar refractivity (Wildman–Crippen MR) is 63.9 cm³/mol. The molecule has 1 unspecified atom stereocenters. The number of nitrogens with zero attached hydrogens (tertiary/aromatic N) is 2. The van der Waals surface area contributed by atoms with E-state index in [0.29, 0.717) is 17.7 Å². The van der Waals surface area contributed by atoms with Gasteiger partial charge in [0.15, 0.2) is 0 Å². The summed E-state index contributed by atoms with van der Waals surface area (Å²) in [6.45, 7) is 2.53. The minimum Gasteiger partial charge on any atom is -0.306 e. The first-order valence-electron chi connectivity index (χ1n) is 5.65. The van der Waals surface area contributed by atoms with Gasteiger partial charge in [-0.25, -0.2) is 8.78 Å². The first kappa shape index (κ1) is 12.6. The van der Waals surface area contributed by atoms with Gasteiger partial charge in [0.2, 0.25) is 0 Å². The van der Waals surface area contributed by atoms with Gasteiger partial charge in [-0.2, -0.15) is 0 Å². The molecule has 3 nitrogen and oxygen atoms in total. The van der Waals surface area contributed by atoms with Crippen LogP contribution < -0.4 is 5.32 Å². The quantitative estimate of drug-likeness (QED) is 0.904. The molecule has 5 heteroatoms. The topological polar surface area (TPSA) is 37.8 Å². The second-order valence-corrected chi connectivity index (χ2v) is 3.82. The van der Waals surface area contributed by atoms with E-state index in [1.54, 1.807) is 6.07 Å². The molecule has 94 valence electrons. The molecule has 18 heavy (non-hydrogen) atoms. The Morgan fingerprint density at radius 1 is 1.22 bits per heavy atom. The first-order chi connectivity index (χ1) is 8.72. The Bertz CT molecular complexity index is 531. The van der Waals surface area contributed by atoms with Crippen molar-refractivity contribution in [2.45, 2.75) is 13.0 Å². The SMILES string of the molecule is CCNC(c1cncc(F)c1)c1ccncc1F. The second kappa shape index (κ2) is 5.64. The van der Waals surface area contributed by atoms with E-state index >= 15 is 0 Å². The Labute approximate surface area is 104 Å². The lowest BCUT2D eigenvalue weighted by Gasteiger charge is -2.18. The summed E-state index contributed by atoms with van der Waals surface area (Å²) in [4.78, 5) is 7.50. The Morgan fingerprint density at radius 2 is 2.06 bits per heavy atom. The average Bonchev–Trinajstić information content (AvgIpc) is 2.37. The van der Waals surface area contributed by atoms with Crippen molar-refractivity contribution in [1.29, 1.82) is 0 Å². The van der Waals surface area contributed by atoms with Crippen LogP contribution in [-0.4, -0.2) is 16.5 Å². The molecule has 1 N–H and O–H groups in total. The highest BCUT2D eigenvalue weighted by Crippen LogP contribution is 2.23. The molecule has 2 aromatic heterocycles. The molecular formula is C13H13F2N3. The molecule has 0 saturated carbocycles. The number of halogens is 2. The molecular weight excluding hydrogens is 236 g/mol. The Hall–Kier alpha value is -1.88. The van der Waals surface area contributed by atoms with Crippen LogP contribution >= 0.6 is 0 Å². The van der Waals surface area contributed by atoms with E-state index in [-0.39, 0.29) is 0 Å². The van der Waals surface area contributed by atoms with E-state index in [0.717, 1.165) is 12.4 Å². The van der Waals surface area contributed by atoms with Crippen molar-refractivity contribution < 1.29 is 8.78 Å². The number of nitrogens with one attached hydrogen (secondary N) is 1. The molecule has 0 radical (unpaired) electrons. The smallest absolute Gasteiger partial charge is 0.146 e. The van der Waals surface area contributed by atoms with Gasteiger partial charge in [-0.05, 0) is 24.2 Å². The first-order valence-corrected chi connectivity index (χ1v) is 5.65.